The van der Waals surface area contributed by atoms with Crippen LogP contribution in [-0.4, -0.2) is 36.7 Å². The van der Waals surface area contributed by atoms with E-state index >= 15 is 0 Å². The summed E-state index contributed by atoms with van der Waals surface area (Å²) in [5.41, 5.74) is 3.21. The number of rotatable bonds is 7. The number of carbonyl (C=O) groups is 3. The minimum absolute atomic E-state index is 0.0426. The monoisotopic (exact) mass is 448 g/mol. The second-order valence-electron chi connectivity index (χ2n) is 10.4. The lowest BCUT2D eigenvalue weighted by Gasteiger charge is -2.58. The van der Waals surface area contributed by atoms with E-state index in [1.165, 1.54) is 26.3 Å². The van der Waals surface area contributed by atoms with Gasteiger partial charge in [-0.2, -0.15) is 0 Å². The summed E-state index contributed by atoms with van der Waals surface area (Å²) in [5, 5.41) is 0. The van der Waals surface area contributed by atoms with Crippen molar-refractivity contribution in [3.8, 4) is 0 Å². The Kier molecular flexibility index (Phi) is 8.35. The summed E-state index contributed by atoms with van der Waals surface area (Å²) in [6, 6.07) is 0. The fourth-order valence-corrected chi connectivity index (χ4v) is 6.14. The van der Waals surface area contributed by atoms with Crippen molar-refractivity contribution in [2.24, 2.45) is 16.7 Å². The summed E-state index contributed by atoms with van der Waals surface area (Å²) in [6.45, 7) is 15.3. The van der Waals surface area contributed by atoms with Crippen molar-refractivity contribution in [3.63, 3.8) is 0 Å². The largest absolute Gasteiger partial charge is 0.462 e. The quantitative estimate of drug-likeness (QED) is 0.299. The predicted octanol–water partition coefficient (Wildman–Crippen LogP) is 5.30. The molecule has 2 aliphatic carbocycles. The second-order valence-corrected chi connectivity index (χ2v) is 10.4. The highest BCUT2D eigenvalue weighted by molar-refractivity contribution is 5.68. The molecule has 0 bridgehead atoms. The molecule has 1 fully saturated rings. The van der Waals surface area contributed by atoms with E-state index in [0.29, 0.717) is 0 Å². The van der Waals surface area contributed by atoms with E-state index in [1.807, 2.05) is 19.9 Å². The zero-order valence-electron chi connectivity index (χ0n) is 21.0. The Morgan fingerprint density at radius 1 is 0.969 bits per heavy atom. The van der Waals surface area contributed by atoms with Crippen molar-refractivity contribution in [1.29, 1.82) is 0 Å². The van der Waals surface area contributed by atoms with Gasteiger partial charge in [-0.3, -0.25) is 14.4 Å². The Labute approximate surface area is 192 Å². The minimum Gasteiger partial charge on any atom is -0.462 e. The first-order valence-corrected chi connectivity index (χ1v) is 11.6. The van der Waals surface area contributed by atoms with Gasteiger partial charge in [0.1, 0.15) is 12.7 Å². The van der Waals surface area contributed by atoms with Crippen molar-refractivity contribution >= 4 is 17.9 Å². The number of carbonyl (C=O) groups excluding carboxylic acids is 3. The number of hydrogen-bond donors (Lipinski definition) is 0. The van der Waals surface area contributed by atoms with Crippen LogP contribution in [0.15, 0.2) is 22.8 Å². The summed E-state index contributed by atoms with van der Waals surface area (Å²) in [6.07, 6.45) is 5.65. The zero-order valence-corrected chi connectivity index (χ0v) is 21.0. The third kappa shape index (κ3) is 5.81. The van der Waals surface area contributed by atoms with Crippen LogP contribution in [0.5, 0.6) is 0 Å². The summed E-state index contributed by atoms with van der Waals surface area (Å²) < 4.78 is 16.7. The first kappa shape index (κ1) is 26.1. The van der Waals surface area contributed by atoms with E-state index < -0.39 is 12.2 Å². The predicted molar refractivity (Wildman–Crippen MR) is 123 cm³/mol. The third-order valence-corrected chi connectivity index (χ3v) is 7.35. The topological polar surface area (TPSA) is 78.9 Å². The number of ether oxygens (including phenoxy) is 3. The van der Waals surface area contributed by atoms with Crippen molar-refractivity contribution in [1.82, 2.24) is 0 Å². The molecular weight excluding hydrogens is 408 g/mol. The first-order valence-electron chi connectivity index (χ1n) is 11.6. The van der Waals surface area contributed by atoms with Gasteiger partial charge in [0.25, 0.3) is 0 Å². The van der Waals surface area contributed by atoms with Gasteiger partial charge in [-0.15, -0.1) is 0 Å². The van der Waals surface area contributed by atoms with Gasteiger partial charge in [-0.25, -0.2) is 0 Å². The maximum Gasteiger partial charge on any atom is 0.303 e. The molecule has 0 radical (unpaired) electrons. The summed E-state index contributed by atoms with van der Waals surface area (Å²) in [7, 11) is 0. The van der Waals surface area contributed by atoms with Gasteiger partial charge >= 0.3 is 17.9 Å². The molecule has 0 N–H and O–H groups in total. The average Bonchev–Trinajstić information content (AvgIpc) is 2.62. The van der Waals surface area contributed by atoms with Crippen LogP contribution in [0.3, 0.4) is 0 Å². The molecule has 6 nitrogen and oxygen atoms in total. The van der Waals surface area contributed by atoms with Crippen molar-refractivity contribution in [2.75, 3.05) is 6.61 Å². The van der Waals surface area contributed by atoms with Crippen LogP contribution < -0.4 is 0 Å². The average molecular weight is 449 g/mol. The van der Waals surface area contributed by atoms with Crippen LogP contribution in [0.2, 0.25) is 0 Å². The molecule has 0 aromatic carbocycles. The van der Waals surface area contributed by atoms with Gasteiger partial charge in [0.15, 0.2) is 6.10 Å². The molecule has 180 valence electrons. The molecular formula is C26H40O6. The standard InChI is InChI=1S/C26H40O6/c1-16(12-15-30-18(3)27)10-11-21-17(2)22(31-19(4)28)23(32-20(5)29)24-25(6,7)13-9-14-26(21,24)8/h12,22-24H,9-11,13-15H2,1-8H3/b16-12+/t22-,23+,24-,26+/m0/s1. The van der Waals surface area contributed by atoms with E-state index in [1.54, 1.807) is 0 Å². The fourth-order valence-electron chi connectivity index (χ4n) is 6.14. The minimum atomic E-state index is -0.577. The van der Waals surface area contributed by atoms with Gasteiger partial charge < -0.3 is 14.2 Å². The highest BCUT2D eigenvalue weighted by Gasteiger charge is 2.59. The van der Waals surface area contributed by atoms with Crippen LogP contribution in [0.1, 0.15) is 87.5 Å². The maximum atomic E-state index is 12.1. The van der Waals surface area contributed by atoms with Crippen LogP contribution in [0, 0.1) is 16.7 Å². The first-order chi connectivity index (χ1) is 14.8. The molecule has 2 aliphatic rings. The molecule has 0 spiro atoms. The Balaban J connectivity index is 2.48. The van der Waals surface area contributed by atoms with Crippen LogP contribution in [-0.2, 0) is 28.6 Å². The van der Waals surface area contributed by atoms with Crippen LogP contribution in [0.4, 0.5) is 0 Å². The van der Waals surface area contributed by atoms with Crippen molar-refractivity contribution in [2.45, 2.75) is 99.7 Å². The summed E-state index contributed by atoms with van der Waals surface area (Å²) >= 11 is 0. The highest BCUT2D eigenvalue weighted by Crippen LogP contribution is 2.61. The molecule has 0 aromatic rings. The Morgan fingerprint density at radius 2 is 1.59 bits per heavy atom. The van der Waals surface area contributed by atoms with Gasteiger partial charge in [0.05, 0.1) is 0 Å². The molecule has 0 unspecified atom stereocenters. The number of hydrogen-bond acceptors (Lipinski definition) is 6. The zero-order chi connectivity index (χ0) is 24.3. The lowest BCUT2D eigenvalue weighted by atomic mass is 9.48. The van der Waals surface area contributed by atoms with E-state index in [2.05, 4.69) is 20.8 Å². The third-order valence-electron chi connectivity index (χ3n) is 7.35. The second kappa shape index (κ2) is 10.2. The molecule has 1 saturated carbocycles. The van der Waals surface area contributed by atoms with E-state index in [4.69, 9.17) is 14.2 Å². The Bertz CT molecular complexity index is 805. The van der Waals surface area contributed by atoms with Crippen LogP contribution >= 0.6 is 0 Å². The van der Waals surface area contributed by atoms with E-state index in [-0.39, 0.29) is 41.3 Å². The van der Waals surface area contributed by atoms with E-state index in [9.17, 15) is 14.4 Å². The SMILES string of the molecule is CC(=O)OC/C=C(\C)CCC1=C(C)[C@H](OC(C)=O)[C@@H](OC(C)=O)[C@H]2C(C)(C)CCC[C@]12C. The maximum absolute atomic E-state index is 12.1. The summed E-state index contributed by atoms with van der Waals surface area (Å²) in [5.74, 6) is -0.974. The number of esters is 3. The van der Waals surface area contributed by atoms with Gasteiger partial charge in [0.2, 0.25) is 0 Å². The lowest BCUT2D eigenvalue weighted by molar-refractivity contribution is -0.184. The van der Waals surface area contributed by atoms with E-state index in [0.717, 1.165) is 43.3 Å². The molecule has 0 heterocycles. The molecule has 4 atom stereocenters. The molecule has 2 rings (SSSR count). The van der Waals surface area contributed by atoms with Crippen LogP contribution in [0.25, 0.3) is 0 Å². The van der Waals surface area contributed by atoms with Crippen molar-refractivity contribution in [3.05, 3.63) is 22.8 Å². The summed E-state index contributed by atoms with van der Waals surface area (Å²) in [4.78, 5) is 35.1. The molecule has 0 aromatic heterocycles. The number of allylic oxidation sites excluding steroid dienone is 2. The molecule has 0 aliphatic heterocycles. The van der Waals surface area contributed by atoms with Gasteiger partial charge in [-0.1, -0.05) is 38.3 Å². The Hall–Kier alpha value is -2.11. The lowest BCUT2D eigenvalue weighted by Crippen LogP contribution is -2.58. The highest BCUT2D eigenvalue weighted by atomic mass is 16.6. The molecule has 32 heavy (non-hydrogen) atoms. The van der Waals surface area contributed by atoms with Crippen molar-refractivity contribution < 1.29 is 28.6 Å². The Morgan fingerprint density at radius 3 is 2.16 bits per heavy atom. The van der Waals surface area contributed by atoms with Gasteiger partial charge in [-0.05, 0) is 62.0 Å². The normalized spacial score (nSPS) is 29.8. The fraction of sp³-hybridized carbons (Fsp3) is 0.731. The molecule has 0 amide bonds. The smallest absolute Gasteiger partial charge is 0.303 e. The molecule has 6 heteroatoms. The number of fused-ring (bicyclic) bond motifs is 1. The molecule has 0 saturated heterocycles. The van der Waals surface area contributed by atoms with Gasteiger partial charge in [0, 0.05) is 26.7 Å².